The lowest BCUT2D eigenvalue weighted by atomic mass is 10.1. The van der Waals surface area contributed by atoms with Gasteiger partial charge in [0.2, 0.25) is 5.91 Å². The van der Waals surface area contributed by atoms with Gasteiger partial charge in [0, 0.05) is 32.2 Å². The second kappa shape index (κ2) is 8.16. The van der Waals surface area contributed by atoms with Crippen molar-refractivity contribution in [1.29, 1.82) is 0 Å². The van der Waals surface area contributed by atoms with Crippen molar-refractivity contribution in [2.45, 2.75) is 25.3 Å². The normalized spacial score (nSPS) is 11.8. The molecular formula is C14H20N2O4. The van der Waals surface area contributed by atoms with Gasteiger partial charge in [-0.25, -0.2) is 4.79 Å². The van der Waals surface area contributed by atoms with E-state index < -0.39 is 12.0 Å². The van der Waals surface area contributed by atoms with Crippen LogP contribution < -0.4 is 11.1 Å². The maximum absolute atomic E-state index is 11.7. The minimum atomic E-state index is -1.06. The number of nitrogens with one attached hydrogen (secondary N) is 1. The van der Waals surface area contributed by atoms with Crippen LogP contribution in [0.15, 0.2) is 24.3 Å². The number of carboxylic acids is 1. The Kier molecular flexibility index (Phi) is 6.52. The Labute approximate surface area is 117 Å². The van der Waals surface area contributed by atoms with Crippen molar-refractivity contribution in [1.82, 2.24) is 5.32 Å². The molecule has 0 saturated heterocycles. The number of carboxylic acid groups (broad SMARTS) is 1. The molecule has 1 aromatic rings. The number of hydrogen-bond donors (Lipinski definition) is 3. The van der Waals surface area contributed by atoms with Crippen LogP contribution in [0.2, 0.25) is 0 Å². The Bertz CT molecular complexity index is 462. The first-order valence-electron chi connectivity index (χ1n) is 6.38. The van der Waals surface area contributed by atoms with Crippen LogP contribution in [-0.2, 0) is 20.7 Å². The lowest BCUT2D eigenvalue weighted by Crippen LogP contribution is -2.41. The van der Waals surface area contributed by atoms with Gasteiger partial charge in [-0.05, 0) is 24.1 Å². The highest BCUT2D eigenvalue weighted by molar-refractivity contribution is 5.83. The number of carbonyl (C=O) groups excluding carboxylic acids is 1. The first-order chi connectivity index (χ1) is 9.52. The summed E-state index contributed by atoms with van der Waals surface area (Å²) in [6.45, 7) is 0.284. The summed E-state index contributed by atoms with van der Waals surface area (Å²) in [5.41, 5.74) is 7.24. The minimum absolute atomic E-state index is 0.222. The van der Waals surface area contributed by atoms with Crippen LogP contribution in [0.5, 0.6) is 0 Å². The monoisotopic (exact) mass is 280 g/mol. The molecule has 0 aromatic heterocycles. The maximum atomic E-state index is 11.7. The second-order valence-electron chi connectivity index (χ2n) is 4.48. The molecule has 0 radical (unpaired) electrons. The molecule has 0 aliphatic heterocycles. The van der Waals surface area contributed by atoms with Crippen molar-refractivity contribution >= 4 is 17.6 Å². The third-order valence-corrected chi connectivity index (χ3v) is 2.84. The van der Waals surface area contributed by atoms with Gasteiger partial charge >= 0.3 is 5.97 Å². The second-order valence-corrected chi connectivity index (χ2v) is 4.48. The largest absolute Gasteiger partial charge is 0.480 e. The average Bonchev–Trinajstić information content (AvgIpc) is 2.41. The van der Waals surface area contributed by atoms with Crippen LogP contribution in [-0.4, -0.2) is 36.7 Å². The van der Waals surface area contributed by atoms with E-state index in [4.69, 9.17) is 15.6 Å². The summed E-state index contributed by atoms with van der Waals surface area (Å²) in [5, 5.41) is 11.5. The molecule has 0 bridgehead atoms. The van der Waals surface area contributed by atoms with E-state index in [1.54, 1.807) is 12.1 Å². The number of anilines is 1. The number of nitrogen functional groups attached to an aromatic ring is 1. The van der Waals surface area contributed by atoms with Gasteiger partial charge in [-0.3, -0.25) is 4.79 Å². The smallest absolute Gasteiger partial charge is 0.326 e. The van der Waals surface area contributed by atoms with Crippen molar-refractivity contribution in [3.05, 3.63) is 29.8 Å². The molecule has 110 valence electrons. The topological polar surface area (TPSA) is 102 Å². The number of ether oxygens (including phenoxy) is 1. The first-order valence-corrected chi connectivity index (χ1v) is 6.38. The first kappa shape index (κ1) is 16.0. The maximum Gasteiger partial charge on any atom is 0.326 e. The molecule has 0 aliphatic carbocycles. The van der Waals surface area contributed by atoms with Crippen LogP contribution in [0.1, 0.15) is 18.4 Å². The van der Waals surface area contributed by atoms with E-state index in [2.05, 4.69) is 5.32 Å². The fourth-order valence-corrected chi connectivity index (χ4v) is 1.77. The predicted octanol–water partition coefficient (Wildman–Crippen LogP) is 0.807. The van der Waals surface area contributed by atoms with Crippen LogP contribution >= 0.6 is 0 Å². The number of methoxy groups -OCH3 is 1. The molecule has 0 heterocycles. The number of amides is 1. The zero-order valence-electron chi connectivity index (χ0n) is 11.5. The van der Waals surface area contributed by atoms with Gasteiger partial charge in [0.05, 0.1) is 0 Å². The fourth-order valence-electron chi connectivity index (χ4n) is 1.77. The summed E-state index contributed by atoms with van der Waals surface area (Å²) < 4.78 is 4.82. The van der Waals surface area contributed by atoms with E-state index in [0.29, 0.717) is 12.1 Å². The van der Waals surface area contributed by atoms with Crippen molar-refractivity contribution in [3.63, 3.8) is 0 Å². The predicted molar refractivity (Wildman–Crippen MR) is 75.2 cm³/mol. The number of aryl methyl sites for hydroxylation is 1. The minimum Gasteiger partial charge on any atom is -0.480 e. The van der Waals surface area contributed by atoms with Crippen molar-refractivity contribution < 1.29 is 19.4 Å². The Balaban J connectivity index is 2.43. The molecule has 1 amide bonds. The molecule has 6 heteroatoms. The highest BCUT2D eigenvalue weighted by Crippen LogP contribution is 2.08. The van der Waals surface area contributed by atoms with Crippen LogP contribution in [0, 0.1) is 0 Å². The Hall–Kier alpha value is -2.08. The van der Waals surface area contributed by atoms with Gasteiger partial charge in [-0.15, -0.1) is 0 Å². The number of rotatable bonds is 8. The number of aliphatic carboxylic acids is 1. The van der Waals surface area contributed by atoms with Crippen molar-refractivity contribution in [3.8, 4) is 0 Å². The highest BCUT2D eigenvalue weighted by Gasteiger charge is 2.19. The Morgan fingerprint density at radius 3 is 2.80 bits per heavy atom. The molecule has 4 N–H and O–H groups in total. The number of hydrogen-bond acceptors (Lipinski definition) is 4. The number of nitrogens with two attached hydrogens (primary N) is 1. The Morgan fingerprint density at radius 1 is 1.45 bits per heavy atom. The van der Waals surface area contributed by atoms with Crippen LogP contribution in [0.3, 0.4) is 0 Å². The van der Waals surface area contributed by atoms with E-state index in [-0.39, 0.29) is 25.4 Å². The van der Waals surface area contributed by atoms with E-state index in [1.165, 1.54) is 7.11 Å². The van der Waals surface area contributed by atoms with Crippen LogP contribution in [0.25, 0.3) is 0 Å². The quantitative estimate of drug-likeness (QED) is 0.612. The average molecular weight is 280 g/mol. The van der Waals surface area contributed by atoms with E-state index in [0.717, 1.165) is 5.56 Å². The molecule has 1 atom stereocenters. The highest BCUT2D eigenvalue weighted by atomic mass is 16.5. The van der Waals surface area contributed by atoms with Gasteiger partial charge in [0.1, 0.15) is 6.04 Å². The van der Waals surface area contributed by atoms with Gasteiger partial charge in [-0.2, -0.15) is 0 Å². The van der Waals surface area contributed by atoms with Crippen molar-refractivity contribution in [2.75, 3.05) is 19.5 Å². The molecule has 1 unspecified atom stereocenters. The van der Waals surface area contributed by atoms with E-state index in [1.807, 2.05) is 12.1 Å². The lowest BCUT2D eigenvalue weighted by Gasteiger charge is -2.14. The summed E-state index contributed by atoms with van der Waals surface area (Å²) >= 11 is 0. The summed E-state index contributed by atoms with van der Waals surface area (Å²) in [5.74, 6) is -1.35. The molecule has 0 saturated carbocycles. The van der Waals surface area contributed by atoms with Gasteiger partial charge in [-0.1, -0.05) is 12.1 Å². The SMILES string of the molecule is COCCC(NC(=O)CCc1cccc(N)c1)C(=O)O. The summed E-state index contributed by atoms with van der Waals surface area (Å²) in [6.07, 6.45) is 0.990. The molecule has 1 aromatic carbocycles. The molecule has 0 spiro atoms. The molecule has 20 heavy (non-hydrogen) atoms. The zero-order valence-corrected chi connectivity index (χ0v) is 11.5. The summed E-state index contributed by atoms with van der Waals surface area (Å²) in [6, 6.07) is 6.36. The summed E-state index contributed by atoms with van der Waals surface area (Å²) in [4.78, 5) is 22.7. The van der Waals surface area contributed by atoms with E-state index in [9.17, 15) is 9.59 Å². The number of benzene rings is 1. The fraction of sp³-hybridized carbons (Fsp3) is 0.429. The molecule has 0 aliphatic rings. The molecule has 6 nitrogen and oxygen atoms in total. The third-order valence-electron chi connectivity index (χ3n) is 2.84. The molecule has 0 fully saturated rings. The zero-order chi connectivity index (χ0) is 15.0. The van der Waals surface area contributed by atoms with Crippen molar-refractivity contribution in [2.24, 2.45) is 0 Å². The van der Waals surface area contributed by atoms with E-state index >= 15 is 0 Å². The number of carbonyl (C=O) groups is 2. The Morgan fingerprint density at radius 2 is 2.20 bits per heavy atom. The van der Waals surface area contributed by atoms with Crippen LogP contribution in [0.4, 0.5) is 5.69 Å². The lowest BCUT2D eigenvalue weighted by molar-refractivity contribution is -0.142. The third kappa shape index (κ3) is 5.71. The molecule has 1 rings (SSSR count). The van der Waals surface area contributed by atoms with Gasteiger partial charge in [0.15, 0.2) is 0 Å². The summed E-state index contributed by atoms with van der Waals surface area (Å²) in [7, 11) is 1.49. The van der Waals surface area contributed by atoms with Gasteiger partial charge in [0.25, 0.3) is 0 Å². The van der Waals surface area contributed by atoms with Gasteiger partial charge < -0.3 is 20.9 Å². The standard InChI is InChI=1S/C14H20N2O4/c1-20-8-7-12(14(18)19)16-13(17)6-5-10-3-2-4-11(15)9-10/h2-4,9,12H,5-8,15H2,1H3,(H,16,17)(H,18,19). The molecular weight excluding hydrogens is 260 g/mol.